The Morgan fingerprint density at radius 1 is 1.11 bits per heavy atom. The molecule has 0 spiro atoms. The fourth-order valence-electron chi connectivity index (χ4n) is 3.43. The molecule has 1 amide bonds. The number of aryl methyl sites for hydroxylation is 2. The van der Waals surface area contributed by atoms with E-state index in [2.05, 4.69) is 34.1 Å². The number of fused-ring (bicyclic) bond motifs is 3. The first-order valence-electron chi connectivity index (χ1n) is 8.79. The molecule has 0 unspecified atom stereocenters. The van der Waals surface area contributed by atoms with Gasteiger partial charge in [-0.25, -0.2) is 4.98 Å². The zero-order chi connectivity index (χ0) is 19.3. The molecule has 0 saturated carbocycles. The Labute approximate surface area is 162 Å². The fraction of sp³-hybridized carbons (Fsp3) is 0.238. The van der Waals surface area contributed by atoms with Crippen molar-refractivity contribution in [3.05, 3.63) is 58.7 Å². The molecule has 0 aliphatic heterocycles. The van der Waals surface area contributed by atoms with Crippen LogP contribution in [0.25, 0.3) is 28.1 Å². The minimum Gasteiger partial charge on any atom is -0.348 e. The Bertz CT molecular complexity index is 1170. The maximum Gasteiger partial charge on any atom is 0.228 e. The summed E-state index contributed by atoms with van der Waals surface area (Å²) in [6, 6.07) is 13.9. The van der Waals surface area contributed by atoms with Crippen molar-refractivity contribution in [2.24, 2.45) is 7.05 Å². The maximum atomic E-state index is 12.6. The second-order valence-corrected chi connectivity index (χ2v) is 7.50. The van der Waals surface area contributed by atoms with Crippen molar-refractivity contribution in [2.75, 3.05) is 14.1 Å². The SMILES string of the molecule is Cc1ccc2c(c1)n1c(CC(=O)N(C)C)c(-c3ccc(Cl)cc3)nc1n2C. The Balaban J connectivity index is 2.05. The van der Waals surface area contributed by atoms with Crippen LogP contribution in [0.3, 0.4) is 0 Å². The first kappa shape index (κ1) is 17.6. The number of carbonyl (C=O) groups is 1. The number of aromatic nitrogens is 3. The number of benzene rings is 2. The lowest BCUT2D eigenvalue weighted by molar-refractivity contribution is -0.128. The summed E-state index contributed by atoms with van der Waals surface area (Å²) in [5.41, 5.74) is 5.97. The van der Waals surface area contributed by atoms with Crippen molar-refractivity contribution in [3.63, 3.8) is 0 Å². The van der Waals surface area contributed by atoms with E-state index in [4.69, 9.17) is 16.6 Å². The third kappa shape index (κ3) is 2.88. The second kappa shape index (κ2) is 6.43. The first-order valence-corrected chi connectivity index (χ1v) is 9.17. The van der Waals surface area contributed by atoms with Gasteiger partial charge in [0.05, 0.1) is 28.8 Å². The minimum atomic E-state index is 0.0386. The Morgan fingerprint density at radius 2 is 1.81 bits per heavy atom. The summed E-state index contributed by atoms with van der Waals surface area (Å²) in [4.78, 5) is 19.1. The summed E-state index contributed by atoms with van der Waals surface area (Å²) in [6.07, 6.45) is 0.277. The average Bonchev–Trinajstić information content (AvgIpc) is 3.12. The molecule has 0 aliphatic rings. The number of likely N-dealkylation sites (N-methyl/N-ethyl adjacent to an activating group) is 1. The number of rotatable bonds is 3. The van der Waals surface area contributed by atoms with Crippen LogP contribution in [0.5, 0.6) is 0 Å². The summed E-state index contributed by atoms with van der Waals surface area (Å²) >= 11 is 6.05. The van der Waals surface area contributed by atoms with Crippen LogP contribution in [0.2, 0.25) is 5.02 Å². The lowest BCUT2D eigenvalue weighted by Crippen LogP contribution is -2.24. The highest BCUT2D eigenvalue weighted by Crippen LogP contribution is 2.31. The van der Waals surface area contributed by atoms with E-state index in [0.717, 1.165) is 33.8 Å². The molecule has 138 valence electrons. The standard InChI is InChI=1S/C21H21ClN4O/c1-13-5-10-16-17(11-13)26-18(12-19(27)24(2)3)20(23-21(26)25(16)4)14-6-8-15(22)9-7-14/h5-11H,12H2,1-4H3. The molecule has 0 fully saturated rings. The molecule has 6 heteroatoms. The molecule has 2 aromatic carbocycles. The van der Waals surface area contributed by atoms with Crippen molar-refractivity contribution in [1.82, 2.24) is 18.9 Å². The van der Waals surface area contributed by atoms with E-state index in [1.54, 1.807) is 19.0 Å². The number of imidazole rings is 2. The van der Waals surface area contributed by atoms with Gasteiger partial charge in [0.25, 0.3) is 0 Å². The molecule has 0 aliphatic carbocycles. The van der Waals surface area contributed by atoms with Crippen LogP contribution in [0.4, 0.5) is 0 Å². The smallest absolute Gasteiger partial charge is 0.228 e. The fourth-order valence-corrected chi connectivity index (χ4v) is 3.55. The van der Waals surface area contributed by atoms with E-state index in [1.807, 2.05) is 31.3 Å². The van der Waals surface area contributed by atoms with E-state index in [-0.39, 0.29) is 12.3 Å². The van der Waals surface area contributed by atoms with Crippen molar-refractivity contribution in [2.45, 2.75) is 13.3 Å². The van der Waals surface area contributed by atoms with Gasteiger partial charge in [0.15, 0.2) is 0 Å². The molecule has 0 radical (unpaired) electrons. The van der Waals surface area contributed by atoms with Crippen molar-refractivity contribution < 1.29 is 4.79 Å². The number of carbonyl (C=O) groups excluding carboxylic acids is 1. The predicted molar refractivity (Wildman–Crippen MR) is 109 cm³/mol. The quantitative estimate of drug-likeness (QED) is 0.537. The monoisotopic (exact) mass is 380 g/mol. The Kier molecular flexibility index (Phi) is 4.19. The van der Waals surface area contributed by atoms with Gasteiger partial charge in [0.2, 0.25) is 11.7 Å². The summed E-state index contributed by atoms with van der Waals surface area (Å²) in [6.45, 7) is 2.07. The second-order valence-electron chi connectivity index (χ2n) is 7.07. The van der Waals surface area contributed by atoms with Crippen molar-refractivity contribution in [1.29, 1.82) is 0 Å². The van der Waals surface area contributed by atoms with E-state index in [9.17, 15) is 4.79 Å². The van der Waals surface area contributed by atoms with E-state index in [1.165, 1.54) is 5.56 Å². The topological polar surface area (TPSA) is 42.5 Å². The van der Waals surface area contributed by atoms with Crippen molar-refractivity contribution >= 4 is 34.3 Å². The van der Waals surface area contributed by atoms with Crippen LogP contribution >= 0.6 is 11.6 Å². The van der Waals surface area contributed by atoms with E-state index < -0.39 is 0 Å². The van der Waals surface area contributed by atoms with Gasteiger partial charge in [-0.1, -0.05) is 29.8 Å². The average molecular weight is 381 g/mol. The number of nitrogens with zero attached hydrogens (tertiary/aromatic N) is 4. The van der Waals surface area contributed by atoms with Crippen molar-refractivity contribution in [3.8, 4) is 11.3 Å². The number of hydrogen-bond donors (Lipinski definition) is 0. The predicted octanol–water partition coefficient (Wildman–Crippen LogP) is 4.09. The number of amides is 1. The highest BCUT2D eigenvalue weighted by atomic mass is 35.5. The molecule has 5 nitrogen and oxygen atoms in total. The minimum absolute atomic E-state index is 0.0386. The highest BCUT2D eigenvalue weighted by molar-refractivity contribution is 6.30. The van der Waals surface area contributed by atoms with Gasteiger partial charge >= 0.3 is 0 Å². The van der Waals surface area contributed by atoms with Crippen LogP contribution in [0, 0.1) is 6.92 Å². The first-order chi connectivity index (χ1) is 12.9. The molecular weight excluding hydrogens is 360 g/mol. The van der Waals surface area contributed by atoms with Gasteiger partial charge in [-0.05, 0) is 36.8 Å². The molecule has 0 saturated heterocycles. The third-order valence-electron chi connectivity index (χ3n) is 4.92. The highest BCUT2D eigenvalue weighted by Gasteiger charge is 2.22. The van der Waals surface area contributed by atoms with Gasteiger partial charge in [0, 0.05) is 31.7 Å². The molecule has 0 atom stereocenters. The van der Waals surface area contributed by atoms with Crippen LogP contribution in [0.15, 0.2) is 42.5 Å². The van der Waals surface area contributed by atoms with E-state index >= 15 is 0 Å². The summed E-state index contributed by atoms with van der Waals surface area (Å²) in [5, 5.41) is 0.675. The molecule has 4 rings (SSSR count). The van der Waals surface area contributed by atoms with Gasteiger partial charge < -0.3 is 9.47 Å². The molecular formula is C21H21ClN4O. The van der Waals surface area contributed by atoms with Gasteiger partial charge in [-0.2, -0.15) is 0 Å². The Hall–Kier alpha value is -2.79. The van der Waals surface area contributed by atoms with Crippen LogP contribution in [-0.2, 0) is 18.3 Å². The maximum absolute atomic E-state index is 12.6. The van der Waals surface area contributed by atoms with Crippen LogP contribution < -0.4 is 0 Å². The lowest BCUT2D eigenvalue weighted by atomic mass is 10.1. The zero-order valence-electron chi connectivity index (χ0n) is 15.8. The van der Waals surface area contributed by atoms with Gasteiger partial charge in [-0.3, -0.25) is 9.20 Å². The largest absolute Gasteiger partial charge is 0.348 e. The van der Waals surface area contributed by atoms with Crippen LogP contribution in [-0.4, -0.2) is 38.9 Å². The van der Waals surface area contributed by atoms with Gasteiger partial charge in [-0.15, -0.1) is 0 Å². The normalized spacial score (nSPS) is 11.4. The lowest BCUT2D eigenvalue weighted by Gasteiger charge is -2.11. The number of halogens is 1. The third-order valence-corrected chi connectivity index (χ3v) is 5.18. The van der Waals surface area contributed by atoms with Gasteiger partial charge in [0.1, 0.15) is 0 Å². The Morgan fingerprint density at radius 3 is 2.48 bits per heavy atom. The van der Waals surface area contributed by atoms with Crippen LogP contribution in [0.1, 0.15) is 11.3 Å². The molecule has 4 aromatic rings. The number of hydrogen-bond acceptors (Lipinski definition) is 2. The summed E-state index contributed by atoms with van der Waals surface area (Å²) < 4.78 is 4.17. The molecule has 2 heterocycles. The van der Waals surface area contributed by atoms with E-state index in [0.29, 0.717) is 5.02 Å². The molecule has 0 bridgehead atoms. The summed E-state index contributed by atoms with van der Waals surface area (Å²) in [7, 11) is 5.55. The molecule has 0 N–H and O–H groups in total. The summed E-state index contributed by atoms with van der Waals surface area (Å²) in [5.74, 6) is 0.860. The zero-order valence-corrected chi connectivity index (χ0v) is 16.6. The molecule has 2 aromatic heterocycles. The molecule has 27 heavy (non-hydrogen) atoms.